The van der Waals surface area contributed by atoms with Crippen LogP contribution in [0.5, 0.6) is 5.75 Å². The first-order valence-electron chi connectivity index (χ1n) is 8.33. The largest absolute Gasteiger partial charge is 0.484 e. The van der Waals surface area contributed by atoms with E-state index in [4.69, 9.17) is 4.74 Å². The summed E-state index contributed by atoms with van der Waals surface area (Å²) in [6, 6.07) is 9.06. The fourth-order valence-corrected chi connectivity index (χ4v) is 3.84. The van der Waals surface area contributed by atoms with Crippen LogP contribution in [0.1, 0.15) is 23.9 Å². The van der Waals surface area contributed by atoms with Crippen LogP contribution in [0.4, 0.5) is 5.13 Å². The van der Waals surface area contributed by atoms with Crippen LogP contribution in [-0.2, 0) is 22.4 Å². The maximum atomic E-state index is 12.0. The lowest BCUT2D eigenvalue weighted by molar-refractivity contribution is -0.125. The third-order valence-corrected chi connectivity index (χ3v) is 5.03. The molecule has 0 fully saturated rings. The Morgan fingerprint density at radius 3 is 2.88 bits per heavy atom. The molecule has 0 aliphatic heterocycles. The van der Waals surface area contributed by atoms with Gasteiger partial charge in [-0.15, -0.1) is 11.3 Å². The number of rotatable bonds is 6. The highest BCUT2D eigenvalue weighted by molar-refractivity contribution is 7.15. The normalized spacial score (nSPS) is 16.0. The lowest BCUT2D eigenvalue weighted by Gasteiger charge is -2.15. The molecule has 0 unspecified atom stereocenters. The first-order chi connectivity index (χ1) is 12.1. The van der Waals surface area contributed by atoms with Crippen molar-refractivity contribution >= 4 is 28.3 Å². The molecule has 0 saturated heterocycles. The van der Waals surface area contributed by atoms with Gasteiger partial charge in [0.05, 0.1) is 12.2 Å². The zero-order valence-electron chi connectivity index (χ0n) is 14.1. The molecule has 1 aliphatic carbocycles. The fourth-order valence-electron chi connectivity index (χ4n) is 2.65. The number of aromatic nitrogens is 1. The van der Waals surface area contributed by atoms with Gasteiger partial charge >= 0.3 is 0 Å². The Morgan fingerprint density at radius 2 is 2.08 bits per heavy atom. The van der Waals surface area contributed by atoms with Crippen LogP contribution in [0.25, 0.3) is 0 Å². The van der Waals surface area contributed by atoms with Crippen LogP contribution >= 0.6 is 11.3 Å². The van der Waals surface area contributed by atoms with Crippen LogP contribution in [0.3, 0.4) is 0 Å². The van der Waals surface area contributed by atoms with Gasteiger partial charge in [-0.25, -0.2) is 4.98 Å². The number of nitrogens with zero attached hydrogens (tertiary/aromatic N) is 1. The van der Waals surface area contributed by atoms with E-state index in [9.17, 15) is 9.59 Å². The van der Waals surface area contributed by atoms with Crippen molar-refractivity contribution in [1.29, 1.82) is 0 Å². The predicted octanol–water partition coefficient (Wildman–Crippen LogP) is 2.40. The van der Waals surface area contributed by atoms with Gasteiger partial charge in [0, 0.05) is 4.88 Å². The predicted molar refractivity (Wildman–Crippen MR) is 96.9 cm³/mol. The highest BCUT2D eigenvalue weighted by atomic mass is 32.1. The second-order valence-electron chi connectivity index (χ2n) is 6.16. The van der Waals surface area contributed by atoms with E-state index >= 15 is 0 Å². The number of benzene rings is 1. The Hall–Kier alpha value is -2.41. The number of hydrogen-bond acceptors (Lipinski definition) is 5. The molecular formula is C18H21N3O3S. The number of nitrogens with one attached hydrogen (secondary N) is 2. The highest BCUT2D eigenvalue weighted by Gasteiger charge is 2.20. The zero-order chi connectivity index (χ0) is 17.6. The minimum absolute atomic E-state index is 0.0996. The Balaban J connectivity index is 1.41. The lowest BCUT2D eigenvalue weighted by Crippen LogP contribution is -2.35. The van der Waals surface area contributed by atoms with Gasteiger partial charge in [-0.3, -0.25) is 9.59 Å². The molecule has 6 nitrogen and oxygen atoms in total. The molecule has 0 spiro atoms. The Kier molecular flexibility index (Phi) is 5.65. The molecule has 1 heterocycles. The third kappa shape index (κ3) is 5.03. The van der Waals surface area contributed by atoms with E-state index in [2.05, 4.69) is 22.5 Å². The molecule has 132 valence electrons. The standard InChI is InChI=1S/C18H21N3O3S/c1-12-7-8-14-15(9-12)25-18(20-14)21-16(22)10-19-17(23)11-24-13-5-3-2-4-6-13/h2-6,12H,7-11H2,1H3,(H,19,23)(H,20,21,22)/t12-/m0/s1. The number of hydrogen-bond donors (Lipinski definition) is 2. The number of carbonyl (C=O) groups excluding carboxylic acids is 2. The van der Waals surface area contributed by atoms with Gasteiger partial charge in [0.2, 0.25) is 5.91 Å². The van der Waals surface area contributed by atoms with E-state index in [-0.39, 0.29) is 25.0 Å². The smallest absolute Gasteiger partial charge is 0.258 e. The molecule has 2 amide bonds. The topological polar surface area (TPSA) is 80.3 Å². The minimum Gasteiger partial charge on any atom is -0.484 e. The van der Waals surface area contributed by atoms with Gasteiger partial charge in [-0.05, 0) is 37.3 Å². The first-order valence-corrected chi connectivity index (χ1v) is 9.15. The molecule has 2 aromatic rings. The number of thiazole rings is 1. The minimum atomic E-state index is -0.341. The summed E-state index contributed by atoms with van der Waals surface area (Å²) in [6.45, 7) is 2.01. The van der Waals surface area contributed by atoms with Crippen molar-refractivity contribution < 1.29 is 14.3 Å². The maximum absolute atomic E-state index is 12.0. The van der Waals surface area contributed by atoms with Gasteiger partial charge in [0.25, 0.3) is 5.91 Å². The van der Waals surface area contributed by atoms with E-state index < -0.39 is 0 Å². The first kappa shape index (κ1) is 17.4. The lowest BCUT2D eigenvalue weighted by atomic mass is 9.93. The van der Waals surface area contributed by atoms with Gasteiger partial charge in [0.15, 0.2) is 11.7 Å². The maximum Gasteiger partial charge on any atom is 0.258 e. The molecule has 1 aliphatic rings. The molecule has 0 saturated carbocycles. The van der Waals surface area contributed by atoms with Gasteiger partial charge < -0.3 is 15.4 Å². The van der Waals surface area contributed by atoms with Crippen molar-refractivity contribution in [3.8, 4) is 5.75 Å². The fraction of sp³-hybridized carbons (Fsp3) is 0.389. The molecule has 3 rings (SSSR count). The van der Waals surface area contributed by atoms with E-state index in [0.717, 1.165) is 25.0 Å². The summed E-state index contributed by atoms with van der Waals surface area (Å²) in [6.07, 6.45) is 3.13. The molecule has 0 bridgehead atoms. The summed E-state index contributed by atoms with van der Waals surface area (Å²) in [4.78, 5) is 29.4. The van der Waals surface area contributed by atoms with Crippen molar-refractivity contribution in [2.24, 2.45) is 5.92 Å². The SMILES string of the molecule is C[C@H]1CCc2nc(NC(=O)CNC(=O)COc3ccccc3)sc2C1. The van der Waals surface area contributed by atoms with Crippen molar-refractivity contribution in [2.75, 3.05) is 18.5 Å². The van der Waals surface area contributed by atoms with Crippen molar-refractivity contribution in [1.82, 2.24) is 10.3 Å². The molecule has 7 heteroatoms. The van der Waals surface area contributed by atoms with Crippen molar-refractivity contribution in [3.05, 3.63) is 40.9 Å². The number of para-hydroxylation sites is 1. The number of carbonyl (C=O) groups is 2. The van der Waals surface area contributed by atoms with E-state index in [0.29, 0.717) is 16.8 Å². The van der Waals surface area contributed by atoms with Crippen LogP contribution in [0.2, 0.25) is 0 Å². The summed E-state index contributed by atoms with van der Waals surface area (Å²) in [5, 5.41) is 5.91. The molecule has 1 aromatic heterocycles. The molecule has 1 aromatic carbocycles. The summed E-state index contributed by atoms with van der Waals surface area (Å²) < 4.78 is 5.33. The van der Waals surface area contributed by atoms with Crippen LogP contribution in [0, 0.1) is 5.92 Å². The average Bonchev–Trinajstić information content (AvgIpc) is 3.00. The average molecular weight is 359 g/mol. The second-order valence-corrected chi connectivity index (χ2v) is 7.25. The highest BCUT2D eigenvalue weighted by Crippen LogP contribution is 2.31. The Bertz CT molecular complexity index is 745. The second kappa shape index (κ2) is 8.11. The number of fused-ring (bicyclic) bond motifs is 1. The molecular weight excluding hydrogens is 338 g/mol. The zero-order valence-corrected chi connectivity index (χ0v) is 14.9. The third-order valence-electron chi connectivity index (χ3n) is 3.99. The number of aryl methyl sites for hydroxylation is 1. The van der Waals surface area contributed by atoms with Crippen molar-refractivity contribution in [3.63, 3.8) is 0 Å². The summed E-state index contributed by atoms with van der Waals surface area (Å²) in [7, 11) is 0. The quantitative estimate of drug-likeness (QED) is 0.830. The molecule has 2 N–H and O–H groups in total. The Morgan fingerprint density at radius 1 is 1.28 bits per heavy atom. The number of amides is 2. The van der Waals surface area contributed by atoms with Crippen LogP contribution < -0.4 is 15.4 Å². The molecule has 1 atom stereocenters. The van der Waals surface area contributed by atoms with E-state index in [1.165, 1.54) is 16.2 Å². The molecule has 0 radical (unpaired) electrons. The number of anilines is 1. The number of ether oxygens (including phenoxy) is 1. The monoisotopic (exact) mass is 359 g/mol. The van der Waals surface area contributed by atoms with Gasteiger partial charge in [-0.2, -0.15) is 0 Å². The van der Waals surface area contributed by atoms with Crippen LogP contribution in [-0.4, -0.2) is 29.9 Å². The van der Waals surface area contributed by atoms with Gasteiger partial charge in [-0.1, -0.05) is 25.1 Å². The van der Waals surface area contributed by atoms with E-state index in [1.807, 2.05) is 18.2 Å². The van der Waals surface area contributed by atoms with Gasteiger partial charge in [0.1, 0.15) is 5.75 Å². The summed E-state index contributed by atoms with van der Waals surface area (Å²) >= 11 is 1.53. The molecule has 25 heavy (non-hydrogen) atoms. The summed E-state index contributed by atoms with van der Waals surface area (Å²) in [5.41, 5.74) is 1.10. The Labute approximate surface area is 150 Å². The van der Waals surface area contributed by atoms with Crippen molar-refractivity contribution in [2.45, 2.75) is 26.2 Å². The summed E-state index contributed by atoms with van der Waals surface area (Å²) in [5.74, 6) is 0.656. The van der Waals surface area contributed by atoms with E-state index in [1.54, 1.807) is 12.1 Å². The van der Waals surface area contributed by atoms with Crippen LogP contribution in [0.15, 0.2) is 30.3 Å².